The van der Waals surface area contributed by atoms with Crippen LogP contribution in [0.4, 0.5) is 0 Å². The Hall–Kier alpha value is -1.62. The van der Waals surface area contributed by atoms with Crippen molar-refractivity contribution in [2.24, 2.45) is 0 Å². The molecule has 0 amide bonds. The molecule has 0 heterocycles. The van der Waals surface area contributed by atoms with Gasteiger partial charge in [-0.2, -0.15) is 5.26 Å². The number of nitriles is 1. The van der Waals surface area contributed by atoms with Gasteiger partial charge in [0.05, 0.1) is 17.5 Å². The first kappa shape index (κ1) is 16.4. The maximum absolute atomic E-state index is 11.9. The predicted molar refractivity (Wildman–Crippen MR) is 75.9 cm³/mol. The maximum atomic E-state index is 11.9. The van der Waals surface area contributed by atoms with E-state index in [0.717, 1.165) is 0 Å². The topological polar surface area (TPSA) is 73.6 Å². The van der Waals surface area contributed by atoms with Crippen LogP contribution in [0.2, 0.25) is 0 Å². The summed E-state index contributed by atoms with van der Waals surface area (Å²) in [6.07, 6.45) is 0. The fraction of sp³-hybridized carbons (Fsp3) is 0.462. The molecule has 0 saturated carbocycles. The van der Waals surface area contributed by atoms with E-state index in [1.54, 1.807) is 12.1 Å². The third-order valence-electron chi connectivity index (χ3n) is 2.68. The van der Waals surface area contributed by atoms with E-state index in [1.807, 2.05) is 18.0 Å². The zero-order valence-electron chi connectivity index (χ0n) is 11.9. The van der Waals surface area contributed by atoms with Crippen LogP contribution in [0.3, 0.4) is 0 Å². The van der Waals surface area contributed by atoms with Gasteiger partial charge in [-0.05, 0) is 31.3 Å². The van der Waals surface area contributed by atoms with Gasteiger partial charge in [0.1, 0.15) is 12.4 Å². The van der Waals surface area contributed by atoms with Crippen LogP contribution < -0.4 is 4.74 Å². The summed E-state index contributed by atoms with van der Waals surface area (Å²) in [7, 11) is 1.41. The van der Waals surface area contributed by atoms with Gasteiger partial charge in [0.2, 0.25) is 10.0 Å². The molecule has 0 unspecified atom stereocenters. The number of hydrogen-bond donors (Lipinski definition) is 0. The van der Waals surface area contributed by atoms with Gasteiger partial charge in [-0.15, -0.1) is 0 Å². The average molecular weight is 297 g/mol. The number of rotatable bonds is 7. The number of nitrogens with zero attached hydrogens (tertiary/aromatic N) is 3. The van der Waals surface area contributed by atoms with Crippen molar-refractivity contribution < 1.29 is 13.2 Å². The van der Waals surface area contributed by atoms with Crippen LogP contribution in [0.1, 0.15) is 0 Å². The Balaban J connectivity index is 2.58. The van der Waals surface area contributed by atoms with E-state index < -0.39 is 10.0 Å². The molecule has 0 aliphatic rings. The molecular formula is C13H19N3O3S. The molecule has 0 fully saturated rings. The summed E-state index contributed by atoms with van der Waals surface area (Å²) >= 11 is 0. The average Bonchev–Trinajstić information content (AvgIpc) is 2.39. The fourth-order valence-corrected chi connectivity index (χ4v) is 2.34. The van der Waals surface area contributed by atoms with E-state index in [0.29, 0.717) is 25.4 Å². The van der Waals surface area contributed by atoms with Crippen molar-refractivity contribution in [2.75, 3.05) is 40.8 Å². The molecule has 0 spiro atoms. The van der Waals surface area contributed by atoms with Gasteiger partial charge in [-0.1, -0.05) is 0 Å². The predicted octanol–water partition coefficient (Wildman–Crippen LogP) is 0.771. The summed E-state index contributed by atoms with van der Waals surface area (Å²) in [6, 6.07) is 8.34. The lowest BCUT2D eigenvalue weighted by Gasteiger charge is -2.14. The third kappa shape index (κ3) is 4.49. The van der Waals surface area contributed by atoms with Crippen molar-refractivity contribution in [1.29, 1.82) is 5.26 Å². The smallest absolute Gasteiger partial charge is 0.242 e. The van der Waals surface area contributed by atoms with Gasteiger partial charge in [-0.3, -0.25) is 4.90 Å². The van der Waals surface area contributed by atoms with Gasteiger partial charge in [0.15, 0.2) is 0 Å². The maximum Gasteiger partial charge on any atom is 0.242 e. The normalized spacial score (nSPS) is 11.6. The van der Waals surface area contributed by atoms with Crippen molar-refractivity contribution in [1.82, 2.24) is 9.21 Å². The van der Waals surface area contributed by atoms with Crippen molar-refractivity contribution in [3.8, 4) is 11.8 Å². The Bertz CT molecular complexity index is 562. The first-order valence-electron chi connectivity index (χ1n) is 6.09. The molecule has 0 N–H and O–H groups in total. The summed E-state index contributed by atoms with van der Waals surface area (Å²) in [5.74, 6) is 0.605. The molecule has 0 radical (unpaired) electrons. The SMILES string of the molecule is CN(CC#N)CCOc1ccc(S(=O)(=O)N(C)C)cc1. The van der Waals surface area contributed by atoms with E-state index in [4.69, 9.17) is 10.00 Å². The lowest BCUT2D eigenvalue weighted by atomic mass is 10.3. The summed E-state index contributed by atoms with van der Waals surface area (Å²) in [6.45, 7) is 1.42. The quantitative estimate of drug-likeness (QED) is 0.695. The highest BCUT2D eigenvalue weighted by Gasteiger charge is 2.16. The van der Waals surface area contributed by atoms with Crippen LogP contribution >= 0.6 is 0 Å². The first-order valence-corrected chi connectivity index (χ1v) is 7.53. The molecular weight excluding hydrogens is 278 g/mol. The molecule has 110 valence electrons. The minimum Gasteiger partial charge on any atom is -0.492 e. The number of ether oxygens (including phenoxy) is 1. The standard InChI is InChI=1S/C13H19N3O3S/c1-15(2)20(17,18)13-6-4-12(5-7-13)19-11-10-16(3)9-8-14/h4-7H,9-11H2,1-3H3. The molecule has 0 aromatic heterocycles. The summed E-state index contributed by atoms with van der Waals surface area (Å²) in [5.41, 5.74) is 0. The highest BCUT2D eigenvalue weighted by Crippen LogP contribution is 2.17. The second-order valence-corrected chi connectivity index (χ2v) is 6.66. The Morgan fingerprint density at radius 2 is 1.80 bits per heavy atom. The number of likely N-dealkylation sites (N-methyl/N-ethyl adjacent to an activating group) is 1. The lowest BCUT2D eigenvalue weighted by molar-refractivity contribution is 0.251. The minimum atomic E-state index is -3.40. The number of benzene rings is 1. The largest absolute Gasteiger partial charge is 0.492 e. The lowest BCUT2D eigenvalue weighted by Crippen LogP contribution is -2.24. The third-order valence-corrected chi connectivity index (χ3v) is 4.51. The van der Waals surface area contributed by atoms with Crippen LogP contribution in [0.25, 0.3) is 0 Å². The summed E-state index contributed by atoms with van der Waals surface area (Å²) in [5, 5.41) is 8.51. The molecule has 0 aliphatic carbocycles. The van der Waals surface area contributed by atoms with Crippen LogP contribution in [-0.4, -0.2) is 58.5 Å². The molecule has 1 aromatic rings. The van der Waals surface area contributed by atoms with Crippen molar-refractivity contribution >= 4 is 10.0 Å². The van der Waals surface area contributed by atoms with Crippen molar-refractivity contribution in [2.45, 2.75) is 4.90 Å². The van der Waals surface area contributed by atoms with E-state index in [-0.39, 0.29) is 4.90 Å². The van der Waals surface area contributed by atoms with Crippen molar-refractivity contribution in [3.05, 3.63) is 24.3 Å². The van der Waals surface area contributed by atoms with Crippen molar-refractivity contribution in [3.63, 3.8) is 0 Å². The zero-order chi connectivity index (χ0) is 15.2. The minimum absolute atomic E-state index is 0.233. The van der Waals surface area contributed by atoms with Gasteiger partial charge in [0, 0.05) is 20.6 Å². The molecule has 0 aliphatic heterocycles. The molecule has 0 atom stereocenters. The Morgan fingerprint density at radius 3 is 2.30 bits per heavy atom. The van der Waals surface area contributed by atoms with E-state index in [9.17, 15) is 8.42 Å². The molecule has 7 heteroatoms. The molecule has 20 heavy (non-hydrogen) atoms. The van der Waals surface area contributed by atoms with Gasteiger partial charge < -0.3 is 4.74 Å². The molecule has 1 aromatic carbocycles. The van der Waals surface area contributed by atoms with E-state index >= 15 is 0 Å². The molecule has 6 nitrogen and oxygen atoms in total. The first-order chi connectivity index (χ1) is 9.37. The second kappa shape index (κ2) is 7.24. The van der Waals surface area contributed by atoms with Crippen LogP contribution in [0, 0.1) is 11.3 Å². The molecule has 0 bridgehead atoms. The van der Waals surface area contributed by atoms with Gasteiger partial charge in [-0.25, -0.2) is 12.7 Å². The summed E-state index contributed by atoms with van der Waals surface area (Å²) < 4.78 is 30.4. The Kier molecular flexibility index (Phi) is 5.95. The van der Waals surface area contributed by atoms with Gasteiger partial charge >= 0.3 is 0 Å². The highest BCUT2D eigenvalue weighted by atomic mass is 32.2. The van der Waals surface area contributed by atoms with Crippen LogP contribution in [0.5, 0.6) is 5.75 Å². The second-order valence-electron chi connectivity index (χ2n) is 4.50. The summed E-state index contributed by atoms with van der Waals surface area (Å²) in [4.78, 5) is 2.07. The number of sulfonamides is 1. The Morgan fingerprint density at radius 1 is 1.20 bits per heavy atom. The monoisotopic (exact) mass is 297 g/mol. The molecule has 0 saturated heterocycles. The van der Waals surface area contributed by atoms with E-state index in [1.165, 1.54) is 30.5 Å². The van der Waals surface area contributed by atoms with Crippen LogP contribution in [-0.2, 0) is 10.0 Å². The van der Waals surface area contributed by atoms with Gasteiger partial charge in [0.25, 0.3) is 0 Å². The number of hydrogen-bond acceptors (Lipinski definition) is 5. The fourth-order valence-electron chi connectivity index (χ4n) is 1.44. The highest BCUT2D eigenvalue weighted by molar-refractivity contribution is 7.89. The molecule has 1 rings (SSSR count). The van der Waals surface area contributed by atoms with Crippen LogP contribution in [0.15, 0.2) is 29.2 Å². The Labute approximate surface area is 120 Å². The van der Waals surface area contributed by atoms with E-state index in [2.05, 4.69) is 0 Å². The zero-order valence-corrected chi connectivity index (χ0v) is 12.7.